The number of aryl methyl sites for hydroxylation is 1. The minimum absolute atomic E-state index is 0. The summed E-state index contributed by atoms with van der Waals surface area (Å²) in [5.41, 5.74) is 4.90. The maximum atomic E-state index is 11.1. The number of carbonyl (C=O) groups is 1. The van der Waals surface area contributed by atoms with Crippen LogP contribution in [-0.4, -0.2) is 20.6 Å². The first-order chi connectivity index (χ1) is 9.16. The van der Waals surface area contributed by atoms with Crippen molar-refractivity contribution < 1.29 is 40.9 Å². The predicted octanol–water partition coefficient (Wildman–Crippen LogP) is 0.0322. The van der Waals surface area contributed by atoms with E-state index in [0.29, 0.717) is 5.56 Å². The minimum Gasteiger partial charge on any atom is -1.00 e. The SMILES string of the molecule is CC1=C(n2ccnc2)CCc2ccc(C(=O)O)cc21.[H-].[Na+]. The predicted molar refractivity (Wildman–Crippen MR) is 73.8 cm³/mol. The van der Waals surface area contributed by atoms with Crippen molar-refractivity contribution >= 4 is 17.2 Å². The quantitative estimate of drug-likeness (QED) is 0.789. The number of rotatable bonds is 2. The summed E-state index contributed by atoms with van der Waals surface area (Å²) in [4.78, 5) is 15.1. The average Bonchev–Trinajstić information content (AvgIpc) is 2.92. The number of aromatic carboxylic acids is 1. The largest absolute Gasteiger partial charge is 1.00 e. The van der Waals surface area contributed by atoms with Gasteiger partial charge in [-0.2, -0.15) is 0 Å². The van der Waals surface area contributed by atoms with Gasteiger partial charge in [-0.05, 0) is 48.6 Å². The van der Waals surface area contributed by atoms with E-state index in [1.807, 2.05) is 23.8 Å². The molecule has 0 bridgehead atoms. The molecule has 5 heteroatoms. The number of nitrogens with zero attached hydrogens (tertiary/aromatic N) is 2. The van der Waals surface area contributed by atoms with E-state index in [0.717, 1.165) is 24.0 Å². The molecule has 0 atom stereocenters. The summed E-state index contributed by atoms with van der Waals surface area (Å²) in [6.45, 7) is 2.04. The van der Waals surface area contributed by atoms with Crippen molar-refractivity contribution in [3.63, 3.8) is 0 Å². The molecule has 1 heterocycles. The molecular weight excluding hydrogens is 263 g/mol. The van der Waals surface area contributed by atoms with Crippen LogP contribution in [0, 0.1) is 0 Å². The van der Waals surface area contributed by atoms with Crippen molar-refractivity contribution in [2.24, 2.45) is 0 Å². The molecule has 3 rings (SSSR count). The Hall–Kier alpha value is -1.36. The number of fused-ring (bicyclic) bond motifs is 1. The van der Waals surface area contributed by atoms with Crippen LogP contribution in [-0.2, 0) is 6.42 Å². The van der Waals surface area contributed by atoms with Crippen LogP contribution < -0.4 is 29.6 Å². The second-order valence-electron chi connectivity index (χ2n) is 4.72. The van der Waals surface area contributed by atoms with E-state index in [-0.39, 0.29) is 31.0 Å². The Bertz CT molecular complexity index is 681. The maximum Gasteiger partial charge on any atom is 1.00 e. The molecule has 98 valence electrons. The summed E-state index contributed by atoms with van der Waals surface area (Å²) < 4.78 is 2.01. The van der Waals surface area contributed by atoms with Crippen molar-refractivity contribution in [1.29, 1.82) is 0 Å². The first-order valence-electron chi connectivity index (χ1n) is 6.21. The molecule has 4 nitrogen and oxygen atoms in total. The summed E-state index contributed by atoms with van der Waals surface area (Å²) in [6.07, 6.45) is 7.33. The van der Waals surface area contributed by atoms with Gasteiger partial charge in [0.1, 0.15) is 0 Å². The second kappa shape index (κ2) is 5.95. The van der Waals surface area contributed by atoms with Gasteiger partial charge in [-0.15, -0.1) is 0 Å². The van der Waals surface area contributed by atoms with E-state index < -0.39 is 5.97 Å². The third kappa shape index (κ3) is 2.59. The number of carboxylic acid groups (broad SMARTS) is 1. The van der Waals surface area contributed by atoms with Crippen LogP contribution >= 0.6 is 0 Å². The topological polar surface area (TPSA) is 55.1 Å². The van der Waals surface area contributed by atoms with Crippen LogP contribution in [0.15, 0.2) is 36.9 Å². The Balaban J connectivity index is 0.00000110. The van der Waals surface area contributed by atoms with Crippen LogP contribution in [0.25, 0.3) is 11.3 Å². The monoisotopic (exact) mass is 278 g/mol. The van der Waals surface area contributed by atoms with Gasteiger partial charge in [-0.1, -0.05) is 6.07 Å². The maximum absolute atomic E-state index is 11.1. The van der Waals surface area contributed by atoms with Gasteiger partial charge in [-0.25, -0.2) is 9.78 Å². The molecule has 1 N–H and O–H groups in total. The molecule has 0 aliphatic heterocycles. The summed E-state index contributed by atoms with van der Waals surface area (Å²) >= 11 is 0. The van der Waals surface area contributed by atoms with Gasteiger partial charge in [0, 0.05) is 18.1 Å². The van der Waals surface area contributed by atoms with E-state index in [4.69, 9.17) is 5.11 Å². The summed E-state index contributed by atoms with van der Waals surface area (Å²) in [6, 6.07) is 5.37. The number of hydrogen-bond donors (Lipinski definition) is 1. The van der Waals surface area contributed by atoms with Gasteiger partial charge in [0.2, 0.25) is 0 Å². The molecule has 0 saturated carbocycles. The fraction of sp³-hybridized carbons (Fsp3) is 0.200. The summed E-state index contributed by atoms with van der Waals surface area (Å²) in [7, 11) is 0. The summed E-state index contributed by atoms with van der Waals surface area (Å²) in [5, 5.41) is 9.09. The van der Waals surface area contributed by atoms with Gasteiger partial charge in [0.15, 0.2) is 0 Å². The molecule has 0 fully saturated rings. The fourth-order valence-corrected chi connectivity index (χ4v) is 2.61. The van der Waals surface area contributed by atoms with Crippen molar-refractivity contribution in [1.82, 2.24) is 9.55 Å². The Labute approximate surface area is 140 Å². The second-order valence-corrected chi connectivity index (χ2v) is 4.72. The van der Waals surface area contributed by atoms with E-state index in [2.05, 4.69) is 4.98 Å². The van der Waals surface area contributed by atoms with Crippen LogP contribution in [0.3, 0.4) is 0 Å². The van der Waals surface area contributed by atoms with Gasteiger partial charge in [0.25, 0.3) is 0 Å². The Morgan fingerprint density at radius 2 is 2.20 bits per heavy atom. The first kappa shape index (κ1) is 15.0. The molecule has 0 saturated heterocycles. The Morgan fingerprint density at radius 3 is 2.85 bits per heavy atom. The van der Waals surface area contributed by atoms with Gasteiger partial charge in [0.05, 0.1) is 11.9 Å². The molecule has 1 aliphatic rings. The zero-order chi connectivity index (χ0) is 13.4. The molecule has 20 heavy (non-hydrogen) atoms. The zero-order valence-electron chi connectivity index (χ0n) is 12.6. The molecule has 0 unspecified atom stereocenters. The Kier molecular flexibility index (Phi) is 4.48. The molecule has 0 radical (unpaired) electrons. The molecule has 1 aromatic carbocycles. The third-order valence-corrected chi connectivity index (χ3v) is 3.64. The van der Waals surface area contributed by atoms with Gasteiger partial charge < -0.3 is 11.1 Å². The van der Waals surface area contributed by atoms with Crippen molar-refractivity contribution in [2.45, 2.75) is 19.8 Å². The molecule has 0 amide bonds. The zero-order valence-corrected chi connectivity index (χ0v) is 13.6. The number of aromatic nitrogens is 2. The number of benzene rings is 1. The smallest absolute Gasteiger partial charge is 1.00 e. The molecule has 1 aromatic heterocycles. The molecule has 0 spiro atoms. The van der Waals surface area contributed by atoms with Gasteiger partial charge >= 0.3 is 35.5 Å². The third-order valence-electron chi connectivity index (χ3n) is 3.64. The normalized spacial score (nSPS) is 13.7. The molecule has 1 aliphatic carbocycles. The van der Waals surface area contributed by atoms with Crippen molar-refractivity contribution in [2.75, 3.05) is 0 Å². The Morgan fingerprint density at radius 1 is 1.40 bits per heavy atom. The van der Waals surface area contributed by atoms with Crippen LogP contribution in [0.1, 0.15) is 36.3 Å². The van der Waals surface area contributed by atoms with Crippen molar-refractivity contribution in [3.8, 4) is 0 Å². The van der Waals surface area contributed by atoms with Gasteiger partial charge in [-0.3, -0.25) is 0 Å². The van der Waals surface area contributed by atoms with E-state index >= 15 is 0 Å². The number of hydrogen-bond acceptors (Lipinski definition) is 2. The minimum atomic E-state index is -0.884. The van der Waals surface area contributed by atoms with E-state index in [1.54, 1.807) is 24.7 Å². The number of carboxylic acids is 1. The first-order valence-corrected chi connectivity index (χ1v) is 6.21. The van der Waals surface area contributed by atoms with Crippen molar-refractivity contribution in [3.05, 3.63) is 53.6 Å². The van der Waals surface area contributed by atoms with E-state index in [1.165, 1.54) is 11.3 Å². The van der Waals surface area contributed by atoms with Crippen LogP contribution in [0.4, 0.5) is 0 Å². The standard InChI is InChI=1S/C15H14N2O2.Na.H/c1-10-13-8-12(15(18)19)3-2-11(13)4-5-14(10)17-7-6-16-9-17;;/h2-3,6-9H,4-5H2,1H3,(H,18,19);;/q;+1;-1. The van der Waals surface area contributed by atoms with E-state index in [9.17, 15) is 4.79 Å². The number of imidazole rings is 1. The molecular formula is C15H15N2NaO2. The molecule has 2 aromatic rings. The number of allylic oxidation sites excluding steroid dienone is 2. The van der Waals surface area contributed by atoms with Crippen LogP contribution in [0.5, 0.6) is 0 Å². The van der Waals surface area contributed by atoms with Crippen LogP contribution in [0.2, 0.25) is 0 Å². The fourth-order valence-electron chi connectivity index (χ4n) is 2.61. The average molecular weight is 278 g/mol. The summed E-state index contributed by atoms with van der Waals surface area (Å²) in [5.74, 6) is -0.884.